The van der Waals surface area contributed by atoms with Gasteiger partial charge in [-0.1, -0.05) is 67.4 Å². The minimum atomic E-state index is -5.28. The number of piperidine rings is 1. The fourth-order valence-corrected chi connectivity index (χ4v) is 9.29. The first-order chi connectivity index (χ1) is 31.6. The SMILES string of the molecule is CC[C@H](C)C(CC(=O)[C@H]1CCCCN1C)C(=O)N(C)[C@H](C[C@@H](OC(C)=O)c1nc(C(=O)N[C@@H](Cc2ccc(OC(=O)OP(=O)(O)O)c(NC(=O)CCC(C)(C)S)c2)CC(C)C(=O)O)cs1)C(C)C. The van der Waals surface area contributed by atoms with Crippen molar-refractivity contribution >= 4 is 79.1 Å². The Balaban J connectivity index is 1.91. The predicted octanol–water partition coefficient (Wildman–Crippen LogP) is 7.21. The molecule has 0 radical (unpaired) electrons. The Labute approximate surface area is 408 Å². The second kappa shape index (κ2) is 26.0. The number of thiazole rings is 1. The molecule has 5 N–H and O–H groups in total. The molecule has 0 saturated carbocycles. The molecule has 68 heavy (non-hydrogen) atoms. The maximum Gasteiger partial charge on any atom is 0.529 e. The molecule has 1 aliphatic heterocycles. The van der Waals surface area contributed by atoms with Crippen LogP contribution in [-0.4, -0.2) is 115 Å². The molecule has 1 aliphatic rings. The second-order valence-electron chi connectivity index (χ2n) is 18.8. The highest BCUT2D eigenvalue weighted by molar-refractivity contribution is 7.81. The standard InChI is InChI=1S/C46H70N5O14PS2/c1-11-27(4)32(23-37(53)35-14-12-13-19-50(35)9)43(56)51(10)36(26(2)3)24-39(63-29(6)52)42-49-34(25-68-42)41(55)47-31(20-28(5)44(57)58)21-30-15-16-38(64-45(59)65-66(60,61)62)33(22-30)48-40(54)17-18-46(7,8)67/h15-16,22,25-28,31-32,35-36,39,67H,11-14,17-21,23-24H2,1-10H3,(H,47,55)(H,48,54)(H,57,58)(H2,60,61,62)/t27-,28?,31+,32?,35+,36+,39+/m0/s1. The average molecular weight is 1010 g/mol. The van der Waals surface area contributed by atoms with Crippen molar-refractivity contribution in [3.05, 3.63) is 39.8 Å². The van der Waals surface area contributed by atoms with Crippen molar-refractivity contribution in [1.29, 1.82) is 0 Å². The number of hydrogen-bond donors (Lipinski definition) is 6. The number of esters is 1. The number of Topliss-reactive ketones (excluding diaryl/α,β-unsaturated/α-hetero) is 1. The van der Waals surface area contributed by atoms with Crippen molar-refractivity contribution in [2.75, 3.05) is 26.0 Å². The number of benzene rings is 1. The molecule has 7 atom stereocenters. The summed E-state index contributed by atoms with van der Waals surface area (Å²) in [6.07, 6.45) is 1.29. The van der Waals surface area contributed by atoms with Crippen LogP contribution in [0.3, 0.4) is 0 Å². The first-order valence-electron chi connectivity index (χ1n) is 22.9. The van der Waals surface area contributed by atoms with Crippen LogP contribution in [0.15, 0.2) is 23.6 Å². The van der Waals surface area contributed by atoms with Crippen LogP contribution < -0.4 is 15.4 Å². The lowest BCUT2D eigenvalue weighted by molar-refractivity contribution is -0.149. The van der Waals surface area contributed by atoms with Crippen LogP contribution in [0.25, 0.3) is 0 Å². The Morgan fingerprint density at radius 3 is 2.32 bits per heavy atom. The number of nitrogens with one attached hydrogen (secondary N) is 2. The molecule has 1 saturated heterocycles. The second-order valence-corrected chi connectivity index (χ2v) is 22.1. The zero-order valence-electron chi connectivity index (χ0n) is 40.7. The van der Waals surface area contributed by atoms with Gasteiger partial charge in [-0.15, -0.1) is 11.3 Å². The van der Waals surface area contributed by atoms with Gasteiger partial charge in [-0.2, -0.15) is 12.6 Å². The number of anilines is 1. The number of carbonyl (C=O) groups excluding carboxylic acids is 6. The summed E-state index contributed by atoms with van der Waals surface area (Å²) in [5, 5.41) is 17.1. The van der Waals surface area contributed by atoms with E-state index in [4.69, 9.17) is 19.3 Å². The van der Waals surface area contributed by atoms with E-state index in [0.29, 0.717) is 18.4 Å². The van der Waals surface area contributed by atoms with Gasteiger partial charge >= 0.3 is 25.9 Å². The van der Waals surface area contributed by atoms with E-state index in [0.717, 1.165) is 37.1 Å². The van der Waals surface area contributed by atoms with E-state index in [1.807, 2.05) is 48.6 Å². The summed E-state index contributed by atoms with van der Waals surface area (Å²) < 4.78 is 25.6. The molecule has 2 aromatic rings. The minimum absolute atomic E-state index is 0.00217. The summed E-state index contributed by atoms with van der Waals surface area (Å²) in [5.41, 5.74) is 0.311. The van der Waals surface area contributed by atoms with Crippen LogP contribution >= 0.6 is 31.8 Å². The summed E-state index contributed by atoms with van der Waals surface area (Å²) in [4.78, 5) is 118. The number of amides is 3. The fourth-order valence-electron chi connectivity index (χ4n) is 8.11. The van der Waals surface area contributed by atoms with E-state index in [1.54, 1.807) is 11.9 Å². The van der Waals surface area contributed by atoms with Gasteiger partial charge in [0, 0.05) is 61.4 Å². The molecule has 1 aromatic heterocycles. The number of carboxylic acid groups (broad SMARTS) is 1. The quantitative estimate of drug-likeness (QED) is 0.0248. The molecule has 0 aliphatic carbocycles. The van der Waals surface area contributed by atoms with Gasteiger partial charge in [-0.05, 0) is 75.2 Å². The number of phosphoric ester groups is 1. The summed E-state index contributed by atoms with van der Waals surface area (Å²) in [7, 11) is -1.63. The zero-order valence-corrected chi connectivity index (χ0v) is 43.3. The van der Waals surface area contributed by atoms with Crippen molar-refractivity contribution in [2.24, 2.45) is 23.7 Å². The number of thiol groups is 1. The molecule has 19 nitrogen and oxygen atoms in total. The van der Waals surface area contributed by atoms with Crippen LogP contribution in [0.4, 0.5) is 10.5 Å². The largest absolute Gasteiger partial charge is 0.529 e. The van der Waals surface area contributed by atoms with E-state index in [1.165, 1.54) is 37.4 Å². The van der Waals surface area contributed by atoms with Gasteiger partial charge in [0.25, 0.3) is 5.91 Å². The van der Waals surface area contributed by atoms with Crippen molar-refractivity contribution in [2.45, 2.75) is 149 Å². The summed E-state index contributed by atoms with van der Waals surface area (Å²) in [6, 6.07) is 2.56. The molecule has 3 rings (SSSR count). The van der Waals surface area contributed by atoms with Gasteiger partial charge in [-0.25, -0.2) is 14.3 Å². The van der Waals surface area contributed by atoms with Crippen molar-refractivity contribution in [3.8, 4) is 5.75 Å². The number of likely N-dealkylation sites (N-methyl/N-ethyl adjacent to an activating group) is 1. The zero-order chi connectivity index (χ0) is 51.3. The Bertz CT molecular complexity index is 2140. The van der Waals surface area contributed by atoms with E-state index >= 15 is 0 Å². The monoisotopic (exact) mass is 1010 g/mol. The number of aromatic nitrogens is 1. The molecule has 22 heteroatoms. The third-order valence-corrected chi connectivity index (χ3v) is 13.7. The number of rotatable bonds is 25. The first-order valence-corrected chi connectivity index (χ1v) is 25.7. The number of carbonyl (C=O) groups is 7. The molecule has 1 aromatic carbocycles. The lowest BCUT2D eigenvalue weighted by Crippen LogP contribution is -2.48. The normalized spacial score (nSPS) is 17.2. The van der Waals surface area contributed by atoms with Gasteiger partial charge < -0.3 is 34.6 Å². The van der Waals surface area contributed by atoms with Crippen LogP contribution in [-0.2, 0) is 44.2 Å². The van der Waals surface area contributed by atoms with Crippen LogP contribution in [0.1, 0.15) is 140 Å². The highest BCUT2D eigenvalue weighted by Crippen LogP contribution is 2.38. The highest BCUT2D eigenvalue weighted by Gasteiger charge is 2.38. The van der Waals surface area contributed by atoms with Crippen molar-refractivity contribution < 1.29 is 67.0 Å². The third kappa shape index (κ3) is 18.8. The van der Waals surface area contributed by atoms with Gasteiger partial charge in [0.2, 0.25) is 11.8 Å². The van der Waals surface area contributed by atoms with E-state index in [-0.39, 0.29) is 83.8 Å². The average Bonchev–Trinajstić information content (AvgIpc) is 3.73. The summed E-state index contributed by atoms with van der Waals surface area (Å²) >= 11 is 5.52. The van der Waals surface area contributed by atoms with Crippen molar-refractivity contribution in [3.63, 3.8) is 0 Å². The van der Waals surface area contributed by atoms with E-state index in [9.17, 15) is 43.2 Å². The number of aliphatic carboxylic acids is 1. The minimum Gasteiger partial charge on any atom is -0.481 e. The number of ketones is 1. The molecular weight excluding hydrogens is 942 g/mol. The fraction of sp³-hybridized carbons (Fsp3) is 0.652. The van der Waals surface area contributed by atoms with Crippen LogP contribution in [0.5, 0.6) is 5.75 Å². The number of ether oxygens (including phenoxy) is 2. The smallest absolute Gasteiger partial charge is 0.481 e. The molecule has 2 unspecified atom stereocenters. The molecule has 0 spiro atoms. The number of hydrogen-bond acceptors (Lipinski definition) is 15. The number of likely N-dealkylation sites (tertiary alicyclic amines) is 1. The Kier molecular flexibility index (Phi) is 22.1. The maximum atomic E-state index is 14.4. The molecule has 3 amide bonds. The Hall–Kier alpha value is -4.40. The Morgan fingerprint density at radius 2 is 1.75 bits per heavy atom. The first kappa shape index (κ1) is 57.9. The molecule has 2 heterocycles. The molecule has 1 fully saturated rings. The van der Waals surface area contributed by atoms with Crippen molar-refractivity contribution in [1.82, 2.24) is 20.1 Å². The van der Waals surface area contributed by atoms with Crippen LogP contribution in [0.2, 0.25) is 0 Å². The number of nitrogens with zero attached hydrogens (tertiary/aromatic N) is 3. The van der Waals surface area contributed by atoms with Gasteiger partial charge in [0.1, 0.15) is 10.7 Å². The van der Waals surface area contributed by atoms with Gasteiger partial charge in [-0.3, -0.25) is 43.5 Å². The highest BCUT2D eigenvalue weighted by atomic mass is 32.1. The summed E-state index contributed by atoms with van der Waals surface area (Å²) in [5.74, 6) is -5.03. The Morgan fingerprint density at radius 1 is 1.07 bits per heavy atom. The van der Waals surface area contributed by atoms with Crippen LogP contribution in [0, 0.1) is 23.7 Å². The lowest BCUT2D eigenvalue weighted by Gasteiger charge is -2.37. The maximum absolute atomic E-state index is 14.4. The number of phosphoric acid groups is 1. The number of carboxylic acids is 1. The molecule has 380 valence electrons. The molecule has 0 bridgehead atoms. The molecular formula is C46H70N5O14PS2. The summed E-state index contributed by atoms with van der Waals surface area (Å²) in [6.45, 7) is 15.0. The third-order valence-electron chi connectivity index (χ3n) is 12.2. The van der Waals surface area contributed by atoms with E-state index < -0.39 is 72.5 Å². The van der Waals surface area contributed by atoms with Gasteiger partial charge in [0.15, 0.2) is 17.6 Å². The lowest BCUT2D eigenvalue weighted by atomic mass is 9.83. The van der Waals surface area contributed by atoms with Gasteiger partial charge in [0.05, 0.1) is 17.6 Å². The topological polar surface area (TPSA) is 268 Å². The predicted molar refractivity (Wildman–Crippen MR) is 258 cm³/mol. The van der Waals surface area contributed by atoms with E-state index in [2.05, 4.69) is 37.7 Å².